The van der Waals surface area contributed by atoms with Crippen LogP contribution in [-0.4, -0.2) is 18.4 Å². The number of amides is 2. The van der Waals surface area contributed by atoms with Crippen LogP contribution in [0.4, 0.5) is 5.00 Å². The molecule has 21 heavy (non-hydrogen) atoms. The predicted molar refractivity (Wildman–Crippen MR) is 83.1 cm³/mol. The van der Waals surface area contributed by atoms with Crippen LogP contribution in [0.1, 0.15) is 28.9 Å². The van der Waals surface area contributed by atoms with Crippen molar-refractivity contribution in [3.8, 4) is 0 Å². The van der Waals surface area contributed by atoms with Crippen molar-refractivity contribution >= 4 is 28.2 Å². The molecule has 1 atom stereocenters. The summed E-state index contributed by atoms with van der Waals surface area (Å²) in [4.78, 5) is 23.1. The van der Waals surface area contributed by atoms with E-state index in [0.717, 1.165) is 0 Å². The summed E-state index contributed by atoms with van der Waals surface area (Å²) in [5.41, 5.74) is 6.76. The molecule has 0 spiro atoms. The number of carbonyl (C=O) groups excluding carboxylic acids is 2. The topological polar surface area (TPSA) is 88.8 Å². The molecular formula is C15H18N3O2S+. The van der Waals surface area contributed by atoms with Gasteiger partial charge in [0, 0.05) is 5.56 Å². The Kier molecular flexibility index (Phi) is 5.08. The normalized spacial score (nSPS) is 11.9. The number of benzene rings is 1. The Labute approximate surface area is 127 Å². The van der Waals surface area contributed by atoms with Gasteiger partial charge in [-0.25, -0.2) is 0 Å². The van der Waals surface area contributed by atoms with E-state index in [-0.39, 0.29) is 18.5 Å². The maximum atomic E-state index is 11.9. The van der Waals surface area contributed by atoms with Crippen molar-refractivity contribution in [2.75, 3.05) is 11.9 Å². The van der Waals surface area contributed by atoms with E-state index >= 15 is 0 Å². The molecule has 110 valence electrons. The summed E-state index contributed by atoms with van der Waals surface area (Å²) in [6.45, 7) is 2.33. The standard InChI is InChI=1S/C15H17N3O2S/c1-10(11-5-3-2-4-6-11)17-9-13(19)18-15-12(14(16)20)7-8-21-15/h2-8,10,17H,9H2,1H3,(H2,16,20)(H,18,19)/p+1/t10-/m0/s1. The van der Waals surface area contributed by atoms with Crippen LogP contribution in [0.25, 0.3) is 0 Å². The Hall–Kier alpha value is -2.18. The third-order valence-corrected chi connectivity index (χ3v) is 4.00. The monoisotopic (exact) mass is 304 g/mol. The third-order valence-electron chi connectivity index (χ3n) is 3.17. The van der Waals surface area contributed by atoms with E-state index < -0.39 is 5.91 Å². The first-order valence-electron chi connectivity index (χ1n) is 6.63. The van der Waals surface area contributed by atoms with Gasteiger partial charge in [0.25, 0.3) is 11.8 Å². The highest BCUT2D eigenvalue weighted by Crippen LogP contribution is 2.22. The first kappa shape index (κ1) is 15.2. The number of carbonyl (C=O) groups is 2. The minimum Gasteiger partial charge on any atom is -0.366 e. The summed E-state index contributed by atoms with van der Waals surface area (Å²) >= 11 is 1.29. The molecular weight excluding hydrogens is 286 g/mol. The molecule has 0 bridgehead atoms. The van der Waals surface area contributed by atoms with Crippen molar-refractivity contribution in [2.45, 2.75) is 13.0 Å². The van der Waals surface area contributed by atoms with Gasteiger partial charge in [0.15, 0.2) is 6.54 Å². The lowest BCUT2D eigenvalue weighted by atomic mass is 10.1. The quantitative estimate of drug-likeness (QED) is 0.746. The van der Waals surface area contributed by atoms with Gasteiger partial charge in [0.1, 0.15) is 11.0 Å². The number of anilines is 1. The van der Waals surface area contributed by atoms with Gasteiger partial charge in [-0.2, -0.15) is 0 Å². The van der Waals surface area contributed by atoms with Gasteiger partial charge in [-0.05, 0) is 18.4 Å². The number of primary amides is 1. The summed E-state index contributed by atoms with van der Waals surface area (Å²) in [7, 11) is 0. The van der Waals surface area contributed by atoms with Crippen molar-refractivity contribution in [2.24, 2.45) is 5.73 Å². The van der Waals surface area contributed by atoms with E-state index in [9.17, 15) is 9.59 Å². The van der Waals surface area contributed by atoms with E-state index in [1.807, 2.05) is 42.6 Å². The van der Waals surface area contributed by atoms with Gasteiger partial charge >= 0.3 is 0 Å². The average Bonchev–Trinajstić information content (AvgIpc) is 2.94. The molecule has 5 N–H and O–H groups in total. The van der Waals surface area contributed by atoms with E-state index in [1.165, 1.54) is 16.9 Å². The molecule has 0 fully saturated rings. The molecule has 0 aliphatic carbocycles. The number of quaternary nitrogens is 1. The van der Waals surface area contributed by atoms with Crippen LogP contribution in [0.2, 0.25) is 0 Å². The Bertz CT molecular complexity index is 625. The summed E-state index contributed by atoms with van der Waals surface area (Å²) in [5, 5.41) is 6.91. The molecule has 0 unspecified atom stereocenters. The predicted octanol–water partition coefficient (Wildman–Crippen LogP) is 1.11. The zero-order valence-electron chi connectivity index (χ0n) is 11.7. The van der Waals surface area contributed by atoms with Gasteiger partial charge in [0.05, 0.1) is 5.56 Å². The fourth-order valence-electron chi connectivity index (χ4n) is 1.95. The SMILES string of the molecule is C[C@H]([NH2+]CC(=O)Nc1sccc1C(N)=O)c1ccccc1. The fraction of sp³-hybridized carbons (Fsp3) is 0.200. The number of hydrogen-bond donors (Lipinski definition) is 3. The lowest BCUT2D eigenvalue weighted by Crippen LogP contribution is -2.86. The van der Waals surface area contributed by atoms with Gasteiger partial charge in [-0.3, -0.25) is 9.59 Å². The van der Waals surface area contributed by atoms with Crippen LogP contribution in [0.15, 0.2) is 41.8 Å². The Balaban J connectivity index is 1.88. The molecule has 1 heterocycles. The molecule has 0 saturated carbocycles. The lowest BCUT2D eigenvalue weighted by Gasteiger charge is -2.10. The van der Waals surface area contributed by atoms with Gasteiger partial charge in [-0.1, -0.05) is 30.3 Å². The van der Waals surface area contributed by atoms with E-state index in [1.54, 1.807) is 11.4 Å². The molecule has 0 aliphatic rings. The number of nitrogens with two attached hydrogens (primary N) is 2. The molecule has 2 aromatic rings. The summed E-state index contributed by atoms with van der Waals surface area (Å²) in [6.07, 6.45) is 0. The van der Waals surface area contributed by atoms with Crippen LogP contribution >= 0.6 is 11.3 Å². The van der Waals surface area contributed by atoms with Crippen molar-refractivity contribution in [3.63, 3.8) is 0 Å². The van der Waals surface area contributed by atoms with Crippen LogP contribution < -0.4 is 16.4 Å². The second kappa shape index (κ2) is 7.01. The first-order chi connectivity index (χ1) is 10.1. The summed E-state index contributed by atoms with van der Waals surface area (Å²) in [6, 6.07) is 11.8. The van der Waals surface area contributed by atoms with Gasteiger partial charge < -0.3 is 16.4 Å². The number of hydrogen-bond acceptors (Lipinski definition) is 3. The molecule has 0 radical (unpaired) electrons. The van der Waals surface area contributed by atoms with E-state index in [2.05, 4.69) is 5.32 Å². The maximum Gasteiger partial charge on any atom is 0.280 e. The Morgan fingerprint density at radius 2 is 2.00 bits per heavy atom. The number of thiophene rings is 1. The summed E-state index contributed by atoms with van der Waals surface area (Å²) < 4.78 is 0. The largest absolute Gasteiger partial charge is 0.366 e. The van der Waals surface area contributed by atoms with E-state index in [0.29, 0.717) is 10.6 Å². The zero-order valence-corrected chi connectivity index (χ0v) is 12.5. The molecule has 0 aliphatic heterocycles. The highest BCUT2D eigenvalue weighted by Gasteiger charge is 2.15. The zero-order chi connectivity index (χ0) is 15.2. The smallest absolute Gasteiger partial charge is 0.280 e. The van der Waals surface area contributed by atoms with Crippen molar-refractivity contribution in [1.82, 2.24) is 0 Å². The van der Waals surface area contributed by atoms with Gasteiger partial charge in [0.2, 0.25) is 0 Å². The van der Waals surface area contributed by atoms with Crippen LogP contribution in [0.5, 0.6) is 0 Å². The van der Waals surface area contributed by atoms with Crippen LogP contribution in [0, 0.1) is 0 Å². The fourth-order valence-corrected chi connectivity index (χ4v) is 2.76. The maximum absolute atomic E-state index is 11.9. The Morgan fingerprint density at radius 3 is 2.67 bits per heavy atom. The minimum absolute atomic E-state index is 0.150. The average molecular weight is 304 g/mol. The van der Waals surface area contributed by atoms with Crippen LogP contribution in [-0.2, 0) is 4.79 Å². The molecule has 0 saturated heterocycles. The lowest BCUT2D eigenvalue weighted by molar-refractivity contribution is -0.682. The second-order valence-electron chi connectivity index (χ2n) is 4.72. The first-order valence-corrected chi connectivity index (χ1v) is 7.51. The third kappa shape index (κ3) is 4.14. The highest BCUT2D eigenvalue weighted by molar-refractivity contribution is 7.14. The molecule has 5 nitrogen and oxygen atoms in total. The highest BCUT2D eigenvalue weighted by atomic mass is 32.1. The number of rotatable bonds is 6. The van der Waals surface area contributed by atoms with Crippen molar-refractivity contribution in [3.05, 3.63) is 52.9 Å². The minimum atomic E-state index is -0.534. The molecule has 1 aromatic carbocycles. The van der Waals surface area contributed by atoms with Crippen molar-refractivity contribution < 1.29 is 14.9 Å². The molecule has 2 amide bonds. The van der Waals surface area contributed by atoms with Crippen LogP contribution in [0.3, 0.4) is 0 Å². The Morgan fingerprint density at radius 1 is 1.29 bits per heavy atom. The van der Waals surface area contributed by atoms with Gasteiger partial charge in [-0.15, -0.1) is 11.3 Å². The van der Waals surface area contributed by atoms with Crippen molar-refractivity contribution in [1.29, 1.82) is 0 Å². The molecule has 6 heteroatoms. The second-order valence-corrected chi connectivity index (χ2v) is 5.63. The van der Waals surface area contributed by atoms with E-state index in [4.69, 9.17) is 5.73 Å². The molecule has 2 rings (SSSR count). The molecule has 1 aromatic heterocycles. The number of nitrogens with one attached hydrogen (secondary N) is 1. The summed E-state index contributed by atoms with van der Waals surface area (Å²) in [5.74, 6) is -0.684.